The monoisotopic (exact) mass is 838 g/mol. The highest BCUT2D eigenvalue weighted by atomic mass is 19.1. The van der Waals surface area contributed by atoms with E-state index >= 15 is 0 Å². The van der Waals surface area contributed by atoms with Gasteiger partial charge in [0.15, 0.2) is 0 Å². The number of halogens is 1. The van der Waals surface area contributed by atoms with Gasteiger partial charge in [-0.25, -0.2) is 4.39 Å². The van der Waals surface area contributed by atoms with Gasteiger partial charge in [-0.3, -0.25) is 29.2 Å². The molecule has 0 spiro atoms. The molecule has 2 saturated heterocycles. The zero-order chi connectivity index (χ0) is 43.8. The van der Waals surface area contributed by atoms with Gasteiger partial charge in [-0.05, 0) is 142 Å². The Kier molecular flexibility index (Phi) is 14.1. The first-order chi connectivity index (χ1) is 30.1. The molecule has 2 aliphatic heterocycles. The predicted molar refractivity (Wildman–Crippen MR) is 245 cm³/mol. The summed E-state index contributed by atoms with van der Waals surface area (Å²) in [7, 11) is 2.10. The molecule has 2 aromatic heterocycles. The van der Waals surface area contributed by atoms with E-state index in [1.54, 1.807) is 18.3 Å². The number of likely N-dealkylation sites (tertiary alicyclic amines) is 2. The van der Waals surface area contributed by atoms with Gasteiger partial charge >= 0.3 is 0 Å². The standard InChI is InChI=1S/C25H27N3O3.C24H26FN3O.C2H6/c1-16-6-7-19(31-15-18-8-11-28(18)2)12-20(16)24(30)27-25(9-10-25)22-5-3-4-17-14-26-23(29)13-21(17)22;1-17(21-7-3-9-23-22(21)8-4-12-26-23)28-13-10-19(11-14-28)24(29)27-16-18-5-2-6-20(25)15-18;1-2/h3-7,12-14,18H,8-11,15H2,1-2H3,(H,26,29)(H,27,30);2-9,12,15,17,19H,10-11,13-14,16H2,1H3,(H,27,29);1-2H3. The third-order valence-electron chi connectivity index (χ3n) is 12.7. The number of carbonyl (C=O) groups is 2. The molecule has 4 aromatic carbocycles. The number of carbonyl (C=O) groups excluding carboxylic acids is 2. The van der Waals surface area contributed by atoms with Crippen LogP contribution in [0.25, 0.3) is 21.7 Å². The summed E-state index contributed by atoms with van der Waals surface area (Å²) in [4.78, 5) is 49.6. The van der Waals surface area contributed by atoms with Crippen molar-refractivity contribution in [2.75, 3.05) is 33.3 Å². The molecule has 10 nitrogen and oxygen atoms in total. The Balaban J connectivity index is 0.000000180. The second-order valence-electron chi connectivity index (χ2n) is 16.6. The number of aryl methyl sites for hydroxylation is 1. The lowest BCUT2D eigenvalue weighted by Crippen LogP contribution is -2.48. The second-order valence-corrected chi connectivity index (χ2v) is 16.6. The van der Waals surface area contributed by atoms with Gasteiger partial charge in [0.05, 0.1) is 11.1 Å². The van der Waals surface area contributed by atoms with Gasteiger partial charge in [-0.15, -0.1) is 0 Å². The van der Waals surface area contributed by atoms with Crippen LogP contribution in [0.15, 0.2) is 114 Å². The van der Waals surface area contributed by atoms with E-state index in [0.29, 0.717) is 24.8 Å². The Labute approximate surface area is 363 Å². The topological polar surface area (TPSA) is 120 Å². The van der Waals surface area contributed by atoms with Crippen molar-refractivity contribution in [2.24, 2.45) is 5.92 Å². The highest BCUT2D eigenvalue weighted by Crippen LogP contribution is 2.48. The van der Waals surface area contributed by atoms with Gasteiger partial charge in [0.2, 0.25) is 11.5 Å². The van der Waals surface area contributed by atoms with E-state index in [-0.39, 0.29) is 35.2 Å². The molecule has 3 aliphatic rings. The zero-order valence-electron chi connectivity index (χ0n) is 36.5. The fourth-order valence-corrected chi connectivity index (χ4v) is 8.61. The normalized spacial score (nSPS) is 17.7. The minimum absolute atomic E-state index is 0.0150. The van der Waals surface area contributed by atoms with Crippen LogP contribution in [0.3, 0.4) is 0 Å². The number of piperidine rings is 1. The average molecular weight is 839 g/mol. The Morgan fingerprint density at radius 3 is 2.42 bits per heavy atom. The number of nitrogens with one attached hydrogen (secondary N) is 3. The van der Waals surface area contributed by atoms with Crippen LogP contribution in [-0.2, 0) is 16.9 Å². The van der Waals surface area contributed by atoms with E-state index in [4.69, 9.17) is 4.74 Å². The molecule has 0 bridgehead atoms. The van der Waals surface area contributed by atoms with Crippen molar-refractivity contribution in [2.45, 2.75) is 84.0 Å². The number of benzene rings is 4. The maximum Gasteiger partial charge on any atom is 0.252 e. The van der Waals surface area contributed by atoms with Crippen LogP contribution >= 0.6 is 0 Å². The molecule has 2 unspecified atom stereocenters. The van der Waals surface area contributed by atoms with Crippen molar-refractivity contribution in [1.29, 1.82) is 0 Å². The number of aromatic amines is 1. The number of hydrogen-bond donors (Lipinski definition) is 3. The molecular formula is C51H59FN6O4. The van der Waals surface area contributed by atoms with Crippen molar-refractivity contribution >= 4 is 33.5 Å². The Morgan fingerprint density at radius 1 is 0.919 bits per heavy atom. The van der Waals surface area contributed by atoms with Gasteiger partial charge in [0, 0.05) is 54.0 Å². The smallest absolute Gasteiger partial charge is 0.252 e. The molecular weight excluding hydrogens is 780 g/mol. The van der Waals surface area contributed by atoms with Crippen LogP contribution in [0.4, 0.5) is 4.39 Å². The number of amides is 2. The van der Waals surface area contributed by atoms with E-state index in [1.165, 1.54) is 23.1 Å². The van der Waals surface area contributed by atoms with Gasteiger partial charge < -0.3 is 20.4 Å². The van der Waals surface area contributed by atoms with Gasteiger partial charge in [0.1, 0.15) is 18.2 Å². The van der Waals surface area contributed by atoms with Crippen molar-refractivity contribution < 1.29 is 18.7 Å². The Bertz CT molecular complexity index is 2560. The molecule has 0 radical (unpaired) electrons. The van der Waals surface area contributed by atoms with Crippen LogP contribution in [0, 0.1) is 18.7 Å². The Morgan fingerprint density at radius 2 is 1.69 bits per heavy atom. The fraction of sp³-hybridized carbons (Fsp3) is 0.373. The summed E-state index contributed by atoms with van der Waals surface area (Å²) >= 11 is 0. The summed E-state index contributed by atoms with van der Waals surface area (Å²) in [5, 5.41) is 9.27. The summed E-state index contributed by atoms with van der Waals surface area (Å²) in [5.41, 5.74) is 5.06. The number of rotatable bonds is 11. The molecule has 3 fully saturated rings. The lowest BCUT2D eigenvalue weighted by Gasteiger charge is -2.37. The lowest BCUT2D eigenvalue weighted by molar-refractivity contribution is -0.126. The number of likely N-dealkylation sites (N-methyl/N-ethyl adjacent to an activating group) is 1. The summed E-state index contributed by atoms with van der Waals surface area (Å²) in [5.74, 6) is 0.417. The minimum atomic E-state index is -0.428. The van der Waals surface area contributed by atoms with E-state index < -0.39 is 5.54 Å². The maximum absolute atomic E-state index is 13.3. The number of nitrogens with zero attached hydrogens (tertiary/aromatic N) is 3. The van der Waals surface area contributed by atoms with Crippen molar-refractivity contribution in [3.05, 3.63) is 153 Å². The van der Waals surface area contributed by atoms with E-state index in [2.05, 4.69) is 62.6 Å². The average Bonchev–Trinajstić information content (AvgIpc) is 4.08. The third kappa shape index (κ3) is 10.2. The van der Waals surface area contributed by atoms with E-state index in [9.17, 15) is 18.8 Å². The molecule has 2 atom stereocenters. The van der Waals surface area contributed by atoms with E-state index in [0.717, 1.165) is 90.5 Å². The van der Waals surface area contributed by atoms with Crippen LogP contribution in [0.2, 0.25) is 0 Å². The number of ether oxygens (including phenoxy) is 1. The Hall–Kier alpha value is -5.91. The summed E-state index contributed by atoms with van der Waals surface area (Å²) in [6.07, 6.45) is 8.08. The number of aromatic nitrogens is 2. The van der Waals surface area contributed by atoms with Crippen LogP contribution < -0.4 is 20.9 Å². The van der Waals surface area contributed by atoms with Crippen molar-refractivity contribution in [1.82, 2.24) is 30.4 Å². The van der Waals surface area contributed by atoms with Crippen LogP contribution in [0.1, 0.15) is 91.5 Å². The SMILES string of the molecule is CC.CC(c1cccc2ncccc12)N1CCC(C(=O)NCc2cccc(F)c2)CC1.Cc1ccc(OCC2CCN2C)cc1C(=O)NC1(c2cccc3c[nH]c(=O)cc23)CC1. The molecule has 11 heteroatoms. The van der Waals surface area contributed by atoms with Gasteiger partial charge in [-0.1, -0.05) is 68.4 Å². The predicted octanol–water partition coefficient (Wildman–Crippen LogP) is 8.83. The number of pyridine rings is 2. The molecule has 62 heavy (non-hydrogen) atoms. The highest BCUT2D eigenvalue weighted by Gasteiger charge is 2.47. The third-order valence-corrected chi connectivity index (χ3v) is 12.7. The van der Waals surface area contributed by atoms with Crippen LogP contribution in [0.5, 0.6) is 5.75 Å². The zero-order valence-corrected chi connectivity index (χ0v) is 36.5. The maximum atomic E-state index is 13.3. The minimum Gasteiger partial charge on any atom is -0.492 e. The van der Waals surface area contributed by atoms with Gasteiger partial charge in [-0.2, -0.15) is 0 Å². The molecule has 1 saturated carbocycles. The molecule has 2 amide bonds. The highest BCUT2D eigenvalue weighted by molar-refractivity contribution is 5.97. The lowest BCUT2D eigenvalue weighted by atomic mass is 9.93. The number of fused-ring (bicyclic) bond motifs is 2. The summed E-state index contributed by atoms with van der Waals surface area (Å²) < 4.78 is 19.2. The first kappa shape index (κ1) is 44.2. The molecule has 324 valence electrons. The molecule has 6 aromatic rings. The molecule has 4 heterocycles. The summed E-state index contributed by atoms with van der Waals surface area (Å²) in [6, 6.07) is 30.7. The van der Waals surface area contributed by atoms with Crippen molar-refractivity contribution in [3.8, 4) is 5.75 Å². The van der Waals surface area contributed by atoms with Crippen molar-refractivity contribution in [3.63, 3.8) is 0 Å². The summed E-state index contributed by atoms with van der Waals surface area (Å²) in [6.45, 7) is 12.1. The fourth-order valence-electron chi connectivity index (χ4n) is 8.61. The number of hydrogen-bond acceptors (Lipinski definition) is 7. The van der Waals surface area contributed by atoms with Gasteiger partial charge in [0.25, 0.3) is 5.91 Å². The molecule has 1 aliphatic carbocycles. The van der Waals surface area contributed by atoms with E-state index in [1.807, 2.05) is 81.6 Å². The quantitative estimate of drug-likeness (QED) is 0.119. The first-order valence-corrected chi connectivity index (χ1v) is 22.0. The largest absolute Gasteiger partial charge is 0.492 e. The molecule has 3 N–H and O–H groups in total. The number of H-pyrrole nitrogens is 1. The second kappa shape index (κ2) is 19.9. The van der Waals surface area contributed by atoms with Crippen LogP contribution in [-0.4, -0.2) is 70.9 Å². The first-order valence-electron chi connectivity index (χ1n) is 22.0. The molecule has 9 rings (SSSR count).